The Bertz CT molecular complexity index is 441. The Hall–Kier alpha value is -0.540. The summed E-state index contributed by atoms with van der Waals surface area (Å²) in [5, 5.41) is 16.3. The molecular formula is C15H25ClN2O. The van der Waals surface area contributed by atoms with Gasteiger partial charge in [0.1, 0.15) is 5.60 Å². The second-order valence-electron chi connectivity index (χ2n) is 6.40. The highest BCUT2D eigenvalue weighted by Gasteiger charge is 2.45. The highest BCUT2D eigenvalue weighted by atomic mass is 35.5. The molecule has 0 spiro atoms. The minimum absolute atomic E-state index is 0.210. The van der Waals surface area contributed by atoms with Crippen molar-refractivity contribution in [2.24, 2.45) is 11.8 Å². The predicted octanol–water partition coefficient (Wildman–Crippen LogP) is 4.15. The van der Waals surface area contributed by atoms with Gasteiger partial charge in [0.05, 0.1) is 16.9 Å². The van der Waals surface area contributed by atoms with Crippen molar-refractivity contribution in [1.29, 1.82) is 0 Å². The Morgan fingerprint density at radius 3 is 2.63 bits per heavy atom. The number of rotatable bonds is 3. The Balaban J connectivity index is 2.50. The zero-order valence-electron chi connectivity index (χ0n) is 12.4. The zero-order valence-corrected chi connectivity index (χ0v) is 13.1. The molecule has 0 bridgehead atoms. The Morgan fingerprint density at radius 2 is 2.05 bits per heavy atom. The van der Waals surface area contributed by atoms with Crippen LogP contribution in [0.2, 0.25) is 5.02 Å². The molecule has 0 aromatic carbocycles. The Kier molecular flexibility index (Phi) is 4.26. The summed E-state index contributed by atoms with van der Waals surface area (Å²) in [6.07, 6.45) is 5.76. The van der Waals surface area contributed by atoms with E-state index in [9.17, 15) is 5.11 Å². The van der Waals surface area contributed by atoms with Crippen molar-refractivity contribution in [3.63, 3.8) is 0 Å². The van der Waals surface area contributed by atoms with Crippen LogP contribution < -0.4 is 0 Å². The van der Waals surface area contributed by atoms with Gasteiger partial charge < -0.3 is 5.11 Å². The van der Waals surface area contributed by atoms with E-state index >= 15 is 0 Å². The van der Waals surface area contributed by atoms with Crippen LogP contribution in [-0.4, -0.2) is 14.9 Å². The summed E-state index contributed by atoms with van der Waals surface area (Å²) in [7, 11) is 0. The SMILES string of the molecule is CC(C)C1CCCCC1(O)c1c(Cl)cnn1C(C)C. The van der Waals surface area contributed by atoms with Crippen LogP contribution in [-0.2, 0) is 5.60 Å². The summed E-state index contributed by atoms with van der Waals surface area (Å²) in [4.78, 5) is 0. The third-order valence-corrected chi connectivity index (χ3v) is 4.67. The smallest absolute Gasteiger partial charge is 0.111 e. The second kappa shape index (κ2) is 5.45. The van der Waals surface area contributed by atoms with E-state index in [1.54, 1.807) is 6.20 Å². The van der Waals surface area contributed by atoms with Gasteiger partial charge in [-0.1, -0.05) is 38.3 Å². The van der Waals surface area contributed by atoms with E-state index < -0.39 is 5.60 Å². The molecule has 108 valence electrons. The number of nitrogens with zero attached hydrogens (tertiary/aromatic N) is 2. The van der Waals surface area contributed by atoms with Crippen molar-refractivity contribution >= 4 is 11.6 Å². The Morgan fingerprint density at radius 1 is 1.37 bits per heavy atom. The first kappa shape index (κ1) is 14.9. The number of aliphatic hydroxyl groups is 1. The van der Waals surface area contributed by atoms with E-state index in [0.717, 1.165) is 25.0 Å². The molecule has 0 aliphatic heterocycles. The van der Waals surface area contributed by atoms with Gasteiger partial charge in [-0.05, 0) is 38.5 Å². The molecule has 0 amide bonds. The quantitative estimate of drug-likeness (QED) is 0.905. The molecule has 1 saturated carbocycles. The fourth-order valence-electron chi connectivity index (χ4n) is 3.50. The van der Waals surface area contributed by atoms with Gasteiger partial charge in [0.2, 0.25) is 0 Å². The van der Waals surface area contributed by atoms with Crippen molar-refractivity contribution in [3.8, 4) is 0 Å². The van der Waals surface area contributed by atoms with E-state index in [0.29, 0.717) is 10.9 Å². The molecule has 1 aliphatic carbocycles. The molecule has 0 radical (unpaired) electrons. The normalized spacial score (nSPS) is 28.3. The maximum Gasteiger partial charge on any atom is 0.111 e. The van der Waals surface area contributed by atoms with Crippen molar-refractivity contribution in [1.82, 2.24) is 9.78 Å². The third-order valence-electron chi connectivity index (χ3n) is 4.39. The highest BCUT2D eigenvalue weighted by molar-refractivity contribution is 6.31. The first-order valence-corrected chi connectivity index (χ1v) is 7.71. The van der Waals surface area contributed by atoms with Crippen LogP contribution in [0.5, 0.6) is 0 Å². The summed E-state index contributed by atoms with van der Waals surface area (Å²) in [5.41, 5.74) is -0.00728. The monoisotopic (exact) mass is 284 g/mol. The molecule has 19 heavy (non-hydrogen) atoms. The zero-order chi connectivity index (χ0) is 14.2. The summed E-state index contributed by atoms with van der Waals surface area (Å²) in [5.74, 6) is 0.699. The van der Waals surface area contributed by atoms with Crippen LogP contribution in [0.15, 0.2) is 6.20 Å². The molecule has 0 saturated heterocycles. The second-order valence-corrected chi connectivity index (χ2v) is 6.81. The third kappa shape index (κ3) is 2.55. The lowest BCUT2D eigenvalue weighted by Crippen LogP contribution is -2.42. The molecule has 1 heterocycles. The first-order valence-electron chi connectivity index (χ1n) is 7.33. The van der Waals surface area contributed by atoms with Crippen LogP contribution in [0.25, 0.3) is 0 Å². The summed E-state index contributed by atoms with van der Waals surface area (Å²) in [6.45, 7) is 8.52. The summed E-state index contributed by atoms with van der Waals surface area (Å²) in [6, 6.07) is 0.210. The molecule has 2 atom stereocenters. The molecule has 1 fully saturated rings. The van der Waals surface area contributed by atoms with E-state index in [1.165, 1.54) is 6.42 Å². The van der Waals surface area contributed by atoms with Crippen LogP contribution in [0.4, 0.5) is 0 Å². The minimum atomic E-state index is -0.829. The van der Waals surface area contributed by atoms with Gasteiger partial charge in [-0.2, -0.15) is 5.10 Å². The number of aromatic nitrogens is 2. The molecule has 2 unspecified atom stereocenters. The number of hydrogen-bond donors (Lipinski definition) is 1. The lowest BCUT2D eigenvalue weighted by Gasteiger charge is -2.43. The van der Waals surface area contributed by atoms with E-state index in [1.807, 2.05) is 4.68 Å². The van der Waals surface area contributed by atoms with Crippen molar-refractivity contribution in [2.45, 2.75) is 65.0 Å². The van der Waals surface area contributed by atoms with Gasteiger partial charge in [0.15, 0.2) is 0 Å². The van der Waals surface area contributed by atoms with Gasteiger partial charge in [-0.3, -0.25) is 4.68 Å². The topological polar surface area (TPSA) is 38.1 Å². The summed E-state index contributed by atoms with van der Waals surface area (Å²) < 4.78 is 1.89. The van der Waals surface area contributed by atoms with Crippen molar-refractivity contribution < 1.29 is 5.11 Å². The average molecular weight is 285 g/mol. The van der Waals surface area contributed by atoms with Crippen molar-refractivity contribution in [2.75, 3.05) is 0 Å². The van der Waals surface area contributed by atoms with Crippen LogP contribution in [0, 0.1) is 11.8 Å². The highest BCUT2D eigenvalue weighted by Crippen LogP contribution is 2.47. The fraction of sp³-hybridized carbons (Fsp3) is 0.800. The summed E-state index contributed by atoms with van der Waals surface area (Å²) >= 11 is 6.34. The molecule has 1 aromatic rings. The van der Waals surface area contributed by atoms with Gasteiger partial charge in [-0.25, -0.2) is 0 Å². The lowest BCUT2D eigenvalue weighted by molar-refractivity contribution is -0.0790. The fourth-order valence-corrected chi connectivity index (χ4v) is 3.79. The molecule has 1 aliphatic rings. The van der Waals surface area contributed by atoms with E-state index in [-0.39, 0.29) is 12.0 Å². The van der Waals surface area contributed by atoms with Gasteiger partial charge >= 0.3 is 0 Å². The standard InChI is InChI=1S/C15H25ClN2O/c1-10(2)12-7-5-6-8-15(12,19)14-13(16)9-17-18(14)11(3)4/h9-12,19H,5-8H2,1-4H3. The van der Waals surface area contributed by atoms with Gasteiger partial charge in [-0.15, -0.1) is 0 Å². The number of halogens is 1. The molecule has 4 heteroatoms. The van der Waals surface area contributed by atoms with Crippen LogP contribution in [0.3, 0.4) is 0 Å². The largest absolute Gasteiger partial charge is 0.383 e. The first-order chi connectivity index (χ1) is 8.88. The van der Waals surface area contributed by atoms with E-state index in [4.69, 9.17) is 11.6 Å². The van der Waals surface area contributed by atoms with Crippen LogP contribution in [0.1, 0.15) is 65.1 Å². The molecule has 1 N–H and O–H groups in total. The molecular weight excluding hydrogens is 260 g/mol. The van der Waals surface area contributed by atoms with Gasteiger partial charge in [0.25, 0.3) is 0 Å². The maximum absolute atomic E-state index is 11.3. The lowest BCUT2D eigenvalue weighted by atomic mass is 9.68. The van der Waals surface area contributed by atoms with E-state index in [2.05, 4.69) is 32.8 Å². The molecule has 2 rings (SSSR count). The molecule has 3 nitrogen and oxygen atoms in total. The van der Waals surface area contributed by atoms with Gasteiger partial charge in [0, 0.05) is 6.04 Å². The predicted molar refractivity (Wildman–Crippen MR) is 78.3 cm³/mol. The average Bonchev–Trinajstić information content (AvgIpc) is 2.72. The minimum Gasteiger partial charge on any atom is -0.383 e. The molecule has 1 aromatic heterocycles. The Labute approximate surface area is 121 Å². The maximum atomic E-state index is 11.3. The van der Waals surface area contributed by atoms with Crippen molar-refractivity contribution in [3.05, 3.63) is 16.9 Å². The van der Waals surface area contributed by atoms with Crippen LogP contribution >= 0.6 is 11.6 Å². The number of hydrogen-bond acceptors (Lipinski definition) is 2.